The molecule has 0 aromatic rings. The zero-order valence-corrected chi connectivity index (χ0v) is 5.75. The molecule has 0 aliphatic carbocycles. The van der Waals surface area contributed by atoms with Crippen molar-refractivity contribution in [1.29, 1.82) is 0 Å². The fraction of sp³-hybridized carbons (Fsp3) is 0.750. The van der Waals surface area contributed by atoms with E-state index in [1.54, 1.807) is 0 Å². The first kappa shape index (κ1) is 7.78. The maximum absolute atomic E-state index is 10.3. The van der Waals surface area contributed by atoms with E-state index in [0.717, 1.165) is 0 Å². The van der Waals surface area contributed by atoms with E-state index in [1.165, 1.54) is 19.1 Å². The van der Waals surface area contributed by atoms with Crippen molar-refractivity contribution in [2.75, 3.05) is 19.9 Å². The molecule has 0 radical (unpaired) electrons. The standard InChI is InChI=1S/C4H9NO2S/c1-7-4(6)3-5-8-2/h5H,3H2,1-2H3. The van der Waals surface area contributed by atoms with Gasteiger partial charge in [-0.15, -0.1) is 0 Å². The molecule has 0 aromatic carbocycles. The number of carbonyl (C=O) groups is 1. The predicted molar refractivity (Wildman–Crippen MR) is 33.5 cm³/mol. The molecule has 8 heavy (non-hydrogen) atoms. The third-order valence-electron chi connectivity index (χ3n) is 0.589. The molecule has 3 nitrogen and oxygen atoms in total. The minimum absolute atomic E-state index is 0.237. The Morgan fingerprint density at radius 1 is 1.88 bits per heavy atom. The van der Waals surface area contributed by atoms with Crippen LogP contribution in [0.5, 0.6) is 0 Å². The number of hydrogen-bond acceptors (Lipinski definition) is 4. The zero-order valence-electron chi connectivity index (χ0n) is 4.93. The largest absolute Gasteiger partial charge is 0.468 e. The quantitative estimate of drug-likeness (QED) is 0.437. The third kappa shape index (κ3) is 3.95. The van der Waals surface area contributed by atoms with Crippen molar-refractivity contribution in [3.8, 4) is 0 Å². The molecular weight excluding hydrogens is 126 g/mol. The first-order valence-corrected chi connectivity index (χ1v) is 3.36. The number of nitrogens with one attached hydrogen (secondary N) is 1. The summed E-state index contributed by atoms with van der Waals surface area (Å²) < 4.78 is 7.08. The Bertz CT molecular complexity index is 76.4. The average Bonchev–Trinajstić information content (AvgIpc) is 1.83. The van der Waals surface area contributed by atoms with Gasteiger partial charge in [0, 0.05) is 0 Å². The summed E-state index contributed by atoms with van der Waals surface area (Å²) >= 11 is 1.39. The summed E-state index contributed by atoms with van der Waals surface area (Å²) in [5, 5.41) is 0. The Morgan fingerprint density at radius 2 is 2.50 bits per heavy atom. The average molecular weight is 135 g/mol. The van der Waals surface area contributed by atoms with Gasteiger partial charge in [-0.1, -0.05) is 11.9 Å². The van der Waals surface area contributed by atoms with E-state index in [2.05, 4.69) is 9.46 Å². The van der Waals surface area contributed by atoms with E-state index in [1.807, 2.05) is 6.26 Å². The van der Waals surface area contributed by atoms with Crippen LogP contribution in [-0.4, -0.2) is 25.9 Å². The number of hydrogen-bond donors (Lipinski definition) is 1. The van der Waals surface area contributed by atoms with E-state index < -0.39 is 0 Å². The van der Waals surface area contributed by atoms with Gasteiger partial charge in [-0.3, -0.25) is 9.52 Å². The van der Waals surface area contributed by atoms with Crippen molar-refractivity contribution in [3.63, 3.8) is 0 Å². The maximum Gasteiger partial charge on any atom is 0.320 e. The summed E-state index contributed by atoms with van der Waals surface area (Å²) in [5.41, 5.74) is 0. The maximum atomic E-state index is 10.3. The van der Waals surface area contributed by atoms with Gasteiger partial charge >= 0.3 is 5.97 Å². The minimum atomic E-state index is -0.237. The Balaban J connectivity index is 2.99. The second-order valence-corrected chi connectivity index (χ2v) is 1.80. The van der Waals surface area contributed by atoms with Crippen LogP contribution in [0.4, 0.5) is 0 Å². The molecule has 0 aliphatic rings. The highest BCUT2D eigenvalue weighted by Crippen LogP contribution is 1.79. The van der Waals surface area contributed by atoms with Crippen LogP contribution in [0.2, 0.25) is 0 Å². The fourth-order valence-corrected chi connectivity index (χ4v) is 0.465. The zero-order chi connectivity index (χ0) is 6.41. The summed E-state index contributed by atoms with van der Waals surface area (Å²) in [7, 11) is 1.37. The van der Waals surface area contributed by atoms with Gasteiger partial charge in [-0.25, -0.2) is 0 Å². The lowest BCUT2D eigenvalue weighted by Gasteiger charge is -1.95. The van der Waals surface area contributed by atoms with Crippen molar-refractivity contribution < 1.29 is 9.53 Å². The summed E-state index contributed by atoms with van der Waals surface area (Å²) in [5.74, 6) is -0.237. The third-order valence-corrected chi connectivity index (χ3v) is 1.02. The van der Waals surface area contributed by atoms with Crippen molar-refractivity contribution in [1.82, 2.24) is 4.72 Å². The molecule has 0 heterocycles. The first-order chi connectivity index (χ1) is 3.81. The number of ether oxygens (including phenoxy) is 1. The topological polar surface area (TPSA) is 38.3 Å². The summed E-state index contributed by atoms with van der Waals surface area (Å²) in [6.45, 7) is 0.275. The van der Waals surface area contributed by atoms with Gasteiger partial charge in [0.25, 0.3) is 0 Å². The van der Waals surface area contributed by atoms with Crippen LogP contribution in [0.1, 0.15) is 0 Å². The van der Waals surface area contributed by atoms with Crippen LogP contribution in [0.25, 0.3) is 0 Å². The summed E-state index contributed by atoms with van der Waals surface area (Å²) in [6, 6.07) is 0. The second-order valence-electron chi connectivity index (χ2n) is 1.10. The molecule has 48 valence electrons. The molecule has 0 unspecified atom stereocenters. The normalized spacial score (nSPS) is 8.75. The number of carbonyl (C=O) groups excluding carboxylic acids is 1. The van der Waals surface area contributed by atoms with Gasteiger partial charge in [-0.2, -0.15) is 0 Å². The second kappa shape index (κ2) is 4.93. The van der Waals surface area contributed by atoms with E-state index in [9.17, 15) is 4.79 Å². The van der Waals surface area contributed by atoms with Crippen LogP contribution < -0.4 is 4.72 Å². The number of methoxy groups -OCH3 is 1. The van der Waals surface area contributed by atoms with Crippen molar-refractivity contribution >= 4 is 17.9 Å². The van der Waals surface area contributed by atoms with Crippen LogP contribution in [0.3, 0.4) is 0 Å². The van der Waals surface area contributed by atoms with Crippen molar-refractivity contribution in [2.45, 2.75) is 0 Å². The van der Waals surface area contributed by atoms with Crippen LogP contribution >= 0.6 is 11.9 Å². The molecule has 0 aromatic heterocycles. The van der Waals surface area contributed by atoms with Crippen molar-refractivity contribution in [2.24, 2.45) is 0 Å². The number of esters is 1. The van der Waals surface area contributed by atoms with Gasteiger partial charge in [0.1, 0.15) is 6.54 Å². The monoisotopic (exact) mass is 135 g/mol. The molecule has 0 spiro atoms. The van der Waals surface area contributed by atoms with Gasteiger partial charge in [-0.05, 0) is 6.26 Å². The molecule has 0 atom stereocenters. The van der Waals surface area contributed by atoms with E-state index in [-0.39, 0.29) is 12.5 Å². The highest BCUT2D eigenvalue weighted by atomic mass is 32.2. The molecule has 1 N–H and O–H groups in total. The Morgan fingerprint density at radius 3 is 2.88 bits per heavy atom. The van der Waals surface area contributed by atoms with E-state index in [0.29, 0.717) is 0 Å². The smallest absolute Gasteiger partial charge is 0.320 e. The van der Waals surface area contributed by atoms with Crippen molar-refractivity contribution in [3.05, 3.63) is 0 Å². The van der Waals surface area contributed by atoms with Gasteiger partial charge < -0.3 is 4.74 Å². The van der Waals surface area contributed by atoms with Crippen LogP contribution in [0.15, 0.2) is 0 Å². The Hall–Kier alpha value is -0.220. The Labute approximate surface area is 52.9 Å². The number of rotatable bonds is 3. The Kier molecular flexibility index (Phi) is 4.79. The van der Waals surface area contributed by atoms with E-state index in [4.69, 9.17) is 0 Å². The van der Waals surface area contributed by atoms with Crippen LogP contribution in [-0.2, 0) is 9.53 Å². The fourth-order valence-electron chi connectivity index (χ4n) is 0.203. The van der Waals surface area contributed by atoms with Crippen LogP contribution in [0, 0.1) is 0 Å². The lowest BCUT2D eigenvalue weighted by Crippen LogP contribution is -2.17. The molecule has 0 saturated heterocycles. The van der Waals surface area contributed by atoms with Gasteiger partial charge in [0.2, 0.25) is 0 Å². The SMILES string of the molecule is COC(=O)CNSC. The highest BCUT2D eigenvalue weighted by molar-refractivity contribution is 7.96. The summed E-state index contributed by atoms with van der Waals surface area (Å²) in [6.07, 6.45) is 1.85. The molecule has 0 bridgehead atoms. The first-order valence-electron chi connectivity index (χ1n) is 2.14. The molecule has 4 heteroatoms. The molecular formula is C4H9NO2S. The predicted octanol–water partition coefficient (Wildman–Crippen LogP) is 0.0270. The van der Waals surface area contributed by atoms with E-state index >= 15 is 0 Å². The molecule has 0 aliphatic heterocycles. The molecule has 0 rings (SSSR count). The van der Waals surface area contributed by atoms with Gasteiger partial charge in [0.15, 0.2) is 0 Å². The molecule has 0 fully saturated rings. The lowest BCUT2D eigenvalue weighted by molar-refractivity contribution is -0.139. The van der Waals surface area contributed by atoms with Gasteiger partial charge in [0.05, 0.1) is 7.11 Å². The molecule has 0 saturated carbocycles. The highest BCUT2D eigenvalue weighted by Gasteiger charge is 1.94. The molecule has 0 amide bonds. The summed E-state index contributed by atoms with van der Waals surface area (Å²) in [4.78, 5) is 10.3. The lowest BCUT2D eigenvalue weighted by atomic mass is 10.7. The minimum Gasteiger partial charge on any atom is -0.468 e.